The Kier molecular flexibility index (Phi) is 1.40. The third-order valence-electron chi connectivity index (χ3n) is 1.63. The Morgan fingerprint density at radius 1 is 1.50 bits per heavy atom. The normalized spacial score (nSPS) is 10.4. The summed E-state index contributed by atoms with van der Waals surface area (Å²) in [5.74, 6) is 0.612. The standard InChI is InChI=1S/C8H7N3O/c1-5-10-7-4-9-3-2-6(7)8(12)11-5/h2-4H,1H3,(H,10,11,12). The van der Waals surface area contributed by atoms with Crippen LogP contribution < -0.4 is 5.56 Å². The van der Waals surface area contributed by atoms with E-state index in [-0.39, 0.29) is 5.56 Å². The van der Waals surface area contributed by atoms with Crippen LogP contribution in [0.5, 0.6) is 0 Å². The van der Waals surface area contributed by atoms with E-state index in [1.54, 1.807) is 25.4 Å². The SMILES string of the molecule is Cc1nc2cnccc2c(=O)[nH]1. The molecule has 2 aromatic rings. The zero-order valence-corrected chi connectivity index (χ0v) is 6.53. The quantitative estimate of drug-likeness (QED) is 0.616. The predicted molar refractivity (Wildman–Crippen MR) is 44.9 cm³/mol. The molecule has 0 aliphatic heterocycles. The van der Waals surface area contributed by atoms with E-state index in [4.69, 9.17) is 0 Å². The van der Waals surface area contributed by atoms with E-state index >= 15 is 0 Å². The van der Waals surface area contributed by atoms with E-state index in [1.807, 2.05) is 0 Å². The number of rotatable bonds is 0. The van der Waals surface area contributed by atoms with Crippen molar-refractivity contribution < 1.29 is 0 Å². The van der Waals surface area contributed by atoms with Crippen LogP contribution in [0.25, 0.3) is 10.9 Å². The van der Waals surface area contributed by atoms with Crippen LogP contribution in [0, 0.1) is 6.92 Å². The summed E-state index contributed by atoms with van der Waals surface area (Å²) in [7, 11) is 0. The maximum Gasteiger partial charge on any atom is 0.258 e. The van der Waals surface area contributed by atoms with Crippen LogP contribution in [0.1, 0.15) is 5.82 Å². The smallest absolute Gasteiger partial charge is 0.258 e. The number of aromatic nitrogens is 3. The van der Waals surface area contributed by atoms with Crippen molar-refractivity contribution in [3.05, 3.63) is 34.6 Å². The summed E-state index contributed by atoms with van der Waals surface area (Å²) < 4.78 is 0. The maximum absolute atomic E-state index is 11.3. The molecule has 0 atom stereocenters. The Hall–Kier alpha value is -1.71. The molecule has 1 N–H and O–H groups in total. The van der Waals surface area contributed by atoms with Crippen molar-refractivity contribution >= 4 is 10.9 Å². The molecule has 0 aromatic carbocycles. The van der Waals surface area contributed by atoms with E-state index in [0.717, 1.165) is 0 Å². The first-order chi connectivity index (χ1) is 5.77. The third kappa shape index (κ3) is 0.972. The zero-order valence-electron chi connectivity index (χ0n) is 6.53. The van der Waals surface area contributed by atoms with Crippen LogP contribution in [0.3, 0.4) is 0 Å². The molecule has 0 unspecified atom stereocenters. The summed E-state index contributed by atoms with van der Waals surface area (Å²) in [5, 5.41) is 0.579. The van der Waals surface area contributed by atoms with E-state index in [0.29, 0.717) is 16.7 Å². The average Bonchev–Trinajstić information content (AvgIpc) is 2.04. The van der Waals surface area contributed by atoms with Crippen LogP contribution in [0.4, 0.5) is 0 Å². The summed E-state index contributed by atoms with van der Waals surface area (Å²) >= 11 is 0. The summed E-state index contributed by atoms with van der Waals surface area (Å²) in [4.78, 5) is 21.9. The molecule has 12 heavy (non-hydrogen) atoms. The number of aromatic amines is 1. The fourth-order valence-corrected chi connectivity index (χ4v) is 1.11. The summed E-state index contributed by atoms with van der Waals surface area (Å²) in [6, 6.07) is 1.65. The third-order valence-corrected chi connectivity index (χ3v) is 1.63. The second-order valence-electron chi connectivity index (χ2n) is 2.54. The molecule has 2 rings (SSSR count). The monoisotopic (exact) mass is 161 g/mol. The van der Waals surface area contributed by atoms with Gasteiger partial charge in [-0.2, -0.15) is 0 Å². The molecular formula is C8H7N3O. The number of fused-ring (bicyclic) bond motifs is 1. The number of aryl methyl sites for hydroxylation is 1. The van der Waals surface area contributed by atoms with Gasteiger partial charge in [-0.15, -0.1) is 0 Å². The molecule has 0 aliphatic rings. The molecule has 4 heteroatoms. The topological polar surface area (TPSA) is 58.6 Å². The Balaban J connectivity index is 2.99. The van der Waals surface area contributed by atoms with Crippen LogP contribution in [-0.2, 0) is 0 Å². The van der Waals surface area contributed by atoms with E-state index in [9.17, 15) is 4.79 Å². The molecule has 0 amide bonds. The summed E-state index contributed by atoms with van der Waals surface area (Å²) in [6.07, 6.45) is 3.16. The van der Waals surface area contributed by atoms with Crippen molar-refractivity contribution in [3.8, 4) is 0 Å². The lowest BCUT2D eigenvalue weighted by Gasteiger charge is -1.95. The molecule has 2 heterocycles. The van der Waals surface area contributed by atoms with Gasteiger partial charge in [-0.3, -0.25) is 9.78 Å². The van der Waals surface area contributed by atoms with Crippen LogP contribution in [-0.4, -0.2) is 15.0 Å². The second-order valence-corrected chi connectivity index (χ2v) is 2.54. The van der Waals surface area contributed by atoms with E-state index in [2.05, 4.69) is 15.0 Å². The average molecular weight is 161 g/mol. The van der Waals surface area contributed by atoms with Crippen molar-refractivity contribution in [2.75, 3.05) is 0 Å². The number of pyridine rings is 1. The Morgan fingerprint density at radius 2 is 2.33 bits per heavy atom. The highest BCUT2D eigenvalue weighted by Gasteiger charge is 1.98. The zero-order chi connectivity index (χ0) is 8.55. The minimum Gasteiger partial charge on any atom is -0.310 e. The largest absolute Gasteiger partial charge is 0.310 e. The number of hydrogen-bond donors (Lipinski definition) is 1. The molecule has 0 fully saturated rings. The van der Waals surface area contributed by atoms with Gasteiger partial charge >= 0.3 is 0 Å². The molecule has 4 nitrogen and oxygen atoms in total. The molecule has 0 bridgehead atoms. The van der Waals surface area contributed by atoms with Gasteiger partial charge in [0.1, 0.15) is 5.82 Å². The van der Waals surface area contributed by atoms with Crippen molar-refractivity contribution in [2.45, 2.75) is 6.92 Å². The fourth-order valence-electron chi connectivity index (χ4n) is 1.11. The highest BCUT2D eigenvalue weighted by Crippen LogP contribution is 2.02. The molecule has 2 aromatic heterocycles. The predicted octanol–water partition coefficient (Wildman–Crippen LogP) is 0.627. The molecule has 0 saturated heterocycles. The first-order valence-corrected chi connectivity index (χ1v) is 3.58. The minimum absolute atomic E-state index is 0.111. The van der Waals surface area contributed by atoms with Crippen LogP contribution in [0.15, 0.2) is 23.3 Å². The van der Waals surface area contributed by atoms with Crippen molar-refractivity contribution in [1.29, 1.82) is 0 Å². The summed E-state index contributed by atoms with van der Waals surface area (Å²) in [5.41, 5.74) is 0.527. The van der Waals surface area contributed by atoms with Crippen molar-refractivity contribution in [2.24, 2.45) is 0 Å². The Labute approximate surface area is 68.3 Å². The lowest BCUT2D eigenvalue weighted by Crippen LogP contribution is -2.09. The number of hydrogen-bond acceptors (Lipinski definition) is 3. The second kappa shape index (κ2) is 2.41. The Bertz CT molecular complexity index is 475. The van der Waals surface area contributed by atoms with Gasteiger partial charge in [-0.05, 0) is 13.0 Å². The molecule has 0 radical (unpaired) electrons. The first kappa shape index (κ1) is 6.97. The Morgan fingerprint density at radius 3 is 3.17 bits per heavy atom. The van der Waals surface area contributed by atoms with Gasteiger partial charge in [0.05, 0.1) is 17.1 Å². The highest BCUT2D eigenvalue weighted by molar-refractivity contribution is 5.75. The number of nitrogens with zero attached hydrogens (tertiary/aromatic N) is 2. The summed E-state index contributed by atoms with van der Waals surface area (Å²) in [6.45, 7) is 1.74. The number of nitrogens with one attached hydrogen (secondary N) is 1. The molecule has 60 valence electrons. The molecule has 0 aliphatic carbocycles. The fraction of sp³-hybridized carbons (Fsp3) is 0.125. The van der Waals surface area contributed by atoms with Gasteiger partial charge in [-0.1, -0.05) is 0 Å². The van der Waals surface area contributed by atoms with E-state index < -0.39 is 0 Å². The van der Waals surface area contributed by atoms with Gasteiger partial charge < -0.3 is 4.98 Å². The van der Waals surface area contributed by atoms with Gasteiger partial charge in [0, 0.05) is 6.20 Å². The first-order valence-electron chi connectivity index (χ1n) is 3.58. The molecular weight excluding hydrogens is 154 g/mol. The van der Waals surface area contributed by atoms with Gasteiger partial charge in [0.15, 0.2) is 0 Å². The maximum atomic E-state index is 11.3. The van der Waals surface area contributed by atoms with Crippen LogP contribution >= 0.6 is 0 Å². The van der Waals surface area contributed by atoms with Gasteiger partial charge in [0.2, 0.25) is 0 Å². The lowest BCUT2D eigenvalue weighted by molar-refractivity contribution is 1.05. The van der Waals surface area contributed by atoms with Gasteiger partial charge in [-0.25, -0.2) is 4.98 Å². The van der Waals surface area contributed by atoms with E-state index in [1.165, 1.54) is 0 Å². The van der Waals surface area contributed by atoms with Crippen LogP contribution in [0.2, 0.25) is 0 Å². The molecule has 0 saturated carbocycles. The highest BCUT2D eigenvalue weighted by atomic mass is 16.1. The number of H-pyrrole nitrogens is 1. The minimum atomic E-state index is -0.111. The van der Waals surface area contributed by atoms with Gasteiger partial charge in [0.25, 0.3) is 5.56 Å². The molecule has 0 spiro atoms. The van der Waals surface area contributed by atoms with Crippen molar-refractivity contribution in [1.82, 2.24) is 15.0 Å². The van der Waals surface area contributed by atoms with Crippen molar-refractivity contribution in [3.63, 3.8) is 0 Å². The lowest BCUT2D eigenvalue weighted by atomic mass is 10.3.